The molecule has 0 fully saturated rings. The first kappa shape index (κ1) is 60.5. The van der Waals surface area contributed by atoms with E-state index in [4.69, 9.17) is 9.05 Å². The van der Waals surface area contributed by atoms with Crippen LogP contribution in [0.2, 0.25) is 0 Å². The zero-order valence-electron chi connectivity index (χ0n) is 41.3. The molecule has 0 saturated carbocycles. The maximum Gasteiger partial charge on any atom is 0.268 e. The van der Waals surface area contributed by atoms with Crippen molar-refractivity contribution in [2.45, 2.75) is 244 Å². The number of aliphatic hydroxyl groups excluding tert-OH is 1. The number of amides is 1. The molecule has 9 heteroatoms. The Morgan fingerprint density at radius 1 is 0.565 bits per heavy atom. The van der Waals surface area contributed by atoms with Crippen molar-refractivity contribution in [3.8, 4) is 0 Å². The Hall–Kier alpha value is -1.54. The van der Waals surface area contributed by atoms with Crippen LogP contribution in [0.5, 0.6) is 0 Å². The summed E-state index contributed by atoms with van der Waals surface area (Å²) in [5.74, 6) is -0.200. The summed E-state index contributed by atoms with van der Waals surface area (Å²) in [5, 5.41) is 13.8. The van der Waals surface area contributed by atoms with Crippen LogP contribution in [-0.4, -0.2) is 68.5 Å². The van der Waals surface area contributed by atoms with Crippen molar-refractivity contribution in [3.05, 3.63) is 48.6 Å². The minimum atomic E-state index is -4.59. The average molecular weight is 893 g/mol. The molecule has 2 N–H and O–H groups in total. The number of carbonyl (C=O) groups is 1. The molecular formula is C53H101N2O6P. The average Bonchev–Trinajstić information content (AvgIpc) is 3.23. The van der Waals surface area contributed by atoms with Gasteiger partial charge < -0.3 is 28.8 Å². The van der Waals surface area contributed by atoms with Crippen molar-refractivity contribution >= 4 is 13.7 Å². The lowest BCUT2D eigenvalue weighted by Crippen LogP contribution is -2.45. The van der Waals surface area contributed by atoms with Crippen molar-refractivity contribution in [1.82, 2.24) is 5.32 Å². The highest BCUT2D eigenvalue weighted by Crippen LogP contribution is 2.38. The first-order chi connectivity index (χ1) is 30.0. The highest BCUT2D eigenvalue weighted by atomic mass is 31.2. The van der Waals surface area contributed by atoms with Gasteiger partial charge in [-0.2, -0.15) is 0 Å². The predicted molar refractivity (Wildman–Crippen MR) is 265 cm³/mol. The van der Waals surface area contributed by atoms with E-state index >= 15 is 0 Å². The maximum atomic E-state index is 12.9. The molecule has 0 rings (SSSR count). The van der Waals surface area contributed by atoms with Crippen molar-refractivity contribution < 1.29 is 32.9 Å². The van der Waals surface area contributed by atoms with Crippen LogP contribution in [0, 0.1) is 0 Å². The summed E-state index contributed by atoms with van der Waals surface area (Å²) in [6.07, 6.45) is 57.5. The molecule has 364 valence electrons. The molecule has 0 aromatic carbocycles. The Balaban J connectivity index is 4.10. The lowest BCUT2D eigenvalue weighted by atomic mass is 10.0. The van der Waals surface area contributed by atoms with Crippen LogP contribution in [0.1, 0.15) is 232 Å². The van der Waals surface area contributed by atoms with E-state index in [1.807, 2.05) is 27.2 Å². The molecule has 0 spiro atoms. The fourth-order valence-electron chi connectivity index (χ4n) is 7.40. The molecule has 0 aliphatic heterocycles. The number of nitrogens with zero attached hydrogens (tertiary/aromatic N) is 1. The van der Waals surface area contributed by atoms with Gasteiger partial charge in [-0.05, 0) is 57.8 Å². The molecule has 62 heavy (non-hydrogen) atoms. The molecule has 8 nitrogen and oxygen atoms in total. The molecular weight excluding hydrogens is 792 g/mol. The van der Waals surface area contributed by atoms with Gasteiger partial charge in [-0.1, -0.05) is 217 Å². The van der Waals surface area contributed by atoms with Crippen LogP contribution < -0.4 is 10.2 Å². The van der Waals surface area contributed by atoms with Gasteiger partial charge in [0, 0.05) is 6.42 Å². The van der Waals surface area contributed by atoms with Crippen molar-refractivity contribution in [3.63, 3.8) is 0 Å². The van der Waals surface area contributed by atoms with Gasteiger partial charge in [-0.15, -0.1) is 0 Å². The highest BCUT2D eigenvalue weighted by molar-refractivity contribution is 7.45. The van der Waals surface area contributed by atoms with Crippen LogP contribution in [0.15, 0.2) is 48.6 Å². The normalized spacial score (nSPS) is 14.5. The van der Waals surface area contributed by atoms with Crippen LogP contribution in [0.25, 0.3) is 0 Å². The second kappa shape index (κ2) is 44.7. The van der Waals surface area contributed by atoms with E-state index in [0.29, 0.717) is 17.4 Å². The van der Waals surface area contributed by atoms with Crippen LogP contribution in [0.4, 0.5) is 0 Å². The molecule has 1 amide bonds. The smallest absolute Gasteiger partial charge is 0.268 e. The van der Waals surface area contributed by atoms with Crippen LogP contribution >= 0.6 is 7.82 Å². The third kappa shape index (κ3) is 46.5. The second-order valence-corrected chi connectivity index (χ2v) is 20.3. The number of unbranched alkanes of at least 4 members (excludes halogenated alkanes) is 28. The van der Waals surface area contributed by atoms with Gasteiger partial charge in [0.15, 0.2) is 0 Å². The highest BCUT2D eigenvalue weighted by Gasteiger charge is 2.23. The number of hydrogen-bond donors (Lipinski definition) is 2. The number of nitrogens with one attached hydrogen (secondary N) is 1. The van der Waals surface area contributed by atoms with E-state index in [-0.39, 0.29) is 19.1 Å². The predicted octanol–water partition coefficient (Wildman–Crippen LogP) is 14.6. The minimum Gasteiger partial charge on any atom is -0.756 e. The number of aliphatic hydroxyl groups is 1. The molecule has 0 saturated heterocycles. The molecule has 0 aliphatic rings. The van der Waals surface area contributed by atoms with E-state index in [9.17, 15) is 19.4 Å². The van der Waals surface area contributed by atoms with Gasteiger partial charge >= 0.3 is 0 Å². The Labute approximate surface area is 384 Å². The maximum absolute atomic E-state index is 12.9. The summed E-state index contributed by atoms with van der Waals surface area (Å²) in [4.78, 5) is 25.3. The van der Waals surface area contributed by atoms with E-state index < -0.39 is 20.0 Å². The Kier molecular flexibility index (Phi) is 43.5. The third-order valence-electron chi connectivity index (χ3n) is 11.5. The summed E-state index contributed by atoms with van der Waals surface area (Å²) in [5.41, 5.74) is 0. The topological polar surface area (TPSA) is 108 Å². The van der Waals surface area contributed by atoms with Crippen molar-refractivity contribution in [2.75, 3.05) is 40.9 Å². The fourth-order valence-corrected chi connectivity index (χ4v) is 8.12. The Bertz CT molecular complexity index is 1150. The summed E-state index contributed by atoms with van der Waals surface area (Å²) in [6, 6.07) is -0.885. The lowest BCUT2D eigenvalue weighted by molar-refractivity contribution is -0.870. The first-order valence-electron chi connectivity index (χ1n) is 26.0. The summed E-state index contributed by atoms with van der Waals surface area (Å²) in [6.45, 7) is 4.62. The van der Waals surface area contributed by atoms with Crippen LogP contribution in [-0.2, 0) is 18.4 Å². The van der Waals surface area contributed by atoms with Gasteiger partial charge in [0.05, 0.1) is 39.9 Å². The number of rotatable bonds is 47. The SMILES string of the molecule is CCCCCCC/C=C\C/C=C\C/C=C\CCCCCCCCCCCCCCCCC(=O)NC(COP(=O)([O-])OCC[N+](C)(C)C)C(O)/C=C/CCCCCCCCCCC. The third-order valence-corrected chi connectivity index (χ3v) is 12.5. The molecule has 0 heterocycles. The van der Waals surface area contributed by atoms with E-state index in [1.54, 1.807) is 6.08 Å². The number of quaternary nitrogens is 1. The quantitative estimate of drug-likeness (QED) is 0.0273. The fraction of sp³-hybridized carbons (Fsp3) is 0.830. The number of allylic oxidation sites excluding steroid dienone is 7. The molecule has 0 radical (unpaired) electrons. The van der Waals surface area contributed by atoms with Crippen molar-refractivity contribution in [2.24, 2.45) is 0 Å². The number of phosphoric ester groups is 1. The van der Waals surface area contributed by atoms with Gasteiger partial charge in [0.1, 0.15) is 13.2 Å². The van der Waals surface area contributed by atoms with Gasteiger partial charge in [0.25, 0.3) is 7.82 Å². The van der Waals surface area contributed by atoms with E-state index in [2.05, 4.69) is 55.6 Å². The van der Waals surface area contributed by atoms with E-state index in [1.165, 1.54) is 161 Å². The summed E-state index contributed by atoms with van der Waals surface area (Å²) < 4.78 is 23.2. The molecule has 0 aromatic rings. The standard InChI is InChI=1S/C53H101N2O6P/c1-6-8-10-12-14-16-18-19-20-21-22-23-24-25-26-27-28-29-30-31-32-33-34-35-37-39-41-43-45-47-53(57)54-51(50-61-62(58,59)60-49-48-55(3,4)5)52(56)46-44-42-40-38-36-17-15-13-11-9-7-2/h18-19,21-22,24-25,44,46,51-52,56H,6-17,20,23,26-43,45,47-50H2,1-5H3,(H-,54,57,58,59)/b19-18-,22-21-,25-24-,46-44+. The Morgan fingerprint density at radius 2 is 0.935 bits per heavy atom. The molecule has 0 aromatic heterocycles. The Morgan fingerprint density at radius 3 is 1.35 bits per heavy atom. The number of carbonyl (C=O) groups excluding carboxylic acids is 1. The molecule has 3 atom stereocenters. The molecule has 0 bridgehead atoms. The zero-order chi connectivity index (χ0) is 45.7. The lowest BCUT2D eigenvalue weighted by Gasteiger charge is -2.29. The van der Waals surface area contributed by atoms with E-state index in [0.717, 1.165) is 51.4 Å². The van der Waals surface area contributed by atoms with Crippen molar-refractivity contribution in [1.29, 1.82) is 0 Å². The number of likely N-dealkylation sites (N-methyl/N-ethyl adjacent to an activating group) is 1. The summed E-state index contributed by atoms with van der Waals surface area (Å²) >= 11 is 0. The molecule has 3 unspecified atom stereocenters. The first-order valence-corrected chi connectivity index (χ1v) is 27.5. The van der Waals surface area contributed by atoms with Gasteiger partial charge in [-0.3, -0.25) is 9.36 Å². The minimum absolute atomic E-state index is 0.00163. The monoisotopic (exact) mass is 893 g/mol. The summed E-state index contributed by atoms with van der Waals surface area (Å²) in [7, 11) is 1.26. The van der Waals surface area contributed by atoms with Gasteiger partial charge in [0.2, 0.25) is 5.91 Å². The number of hydrogen-bond acceptors (Lipinski definition) is 6. The largest absolute Gasteiger partial charge is 0.756 e. The molecule has 0 aliphatic carbocycles. The zero-order valence-corrected chi connectivity index (χ0v) is 42.2. The number of phosphoric acid groups is 1. The van der Waals surface area contributed by atoms with Crippen LogP contribution in [0.3, 0.4) is 0 Å². The second-order valence-electron chi connectivity index (χ2n) is 18.9. The van der Waals surface area contributed by atoms with Gasteiger partial charge in [-0.25, -0.2) is 0 Å².